The van der Waals surface area contributed by atoms with Gasteiger partial charge in [-0.2, -0.15) is 4.31 Å². The Hall–Kier alpha value is -2.13. The van der Waals surface area contributed by atoms with Gasteiger partial charge in [0.15, 0.2) is 5.58 Å². The van der Waals surface area contributed by atoms with E-state index in [1.165, 1.54) is 22.5 Å². The first kappa shape index (κ1) is 15.8. The number of nitrogens with zero attached hydrogens (tertiary/aromatic N) is 1. The van der Waals surface area contributed by atoms with Crippen molar-refractivity contribution in [2.24, 2.45) is 11.8 Å². The number of aromatic amines is 1. The SMILES string of the molecule is CC1CC(C(=O)O)CN(S(=O)(=O)c2ccc3[nH]c(=O)oc3c2)C1. The summed E-state index contributed by atoms with van der Waals surface area (Å²) in [4.78, 5) is 24.8. The summed E-state index contributed by atoms with van der Waals surface area (Å²) in [5.74, 6) is -2.42. The number of carboxylic acids is 1. The van der Waals surface area contributed by atoms with Gasteiger partial charge in [0, 0.05) is 19.2 Å². The van der Waals surface area contributed by atoms with Gasteiger partial charge in [-0.3, -0.25) is 9.78 Å². The fraction of sp³-hybridized carbons (Fsp3) is 0.429. The molecule has 0 radical (unpaired) electrons. The van der Waals surface area contributed by atoms with Crippen molar-refractivity contribution in [3.8, 4) is 0 Å². The smallest absolute Gasteiger partial charge is 0.417 e. The normalized spacial score (nSPS) is 23.2. The maximum absolute atomic E-state index is 12.8. The molecular weight excluding hydrogens is 324 g/mol. The number of nitrogens with one attached hydrogen (secondary N) is 1. The second-order valence-electron chi connectivity index (χ2n) is 5.87. The van der Waals surface area contributed by atoms with E-state index in [0.717, 1.165) is 0 Å². The van der Waals surface area contributed by atoms with Crippen molar-refractivity contribution in [1.82, 2.24) is 9.29 Å². The van der Waals surface area contributed by atoms with Crippen LogP contribution in [0.15, 0.2) is 32.3 Å². The molecule has 0 amide bonds. The number of hydrogen-bond donors (Lipinski definition) is 2. The third kappa shape index (κ3) is 2.89. The average molecular weight is 340 g/mol. The molecule has 2 atom stereocenters. The zero-order chi connectivity index (χ0) is 16.8. The molecule has 9 heteroatoms. The number of benzene rings is 1. The van der Waals surface area contributed by atoms with Gasteiger partial charge in [-0.05, 0) is 24.5 Å². The highest BCUT2D eigenvalue weighted by molar-refractivity contribution is 7.89. The zero-order valence-electron chi connectivity index (χ0n) is 12.4. The van der Waals surface area contributed by atoms with Gasteiger partial charge in [0.1, 0.15) is 0 Å². The number of H-pyrrole nitrogens is 1. The van der Waals surface area contributed by atoms with Crippen LogP contribution in [0.25, 0.3) is 11.1 Å². The Balaban J connectivity index is 1.98. The van der Waals surface area contributed by atoms with Crippen molar-refractivity contribution in [3.63, 3.8) is 0 Å². The van der Waals surface area contributed by atoms with Crippen molar-refractivity contribution in [2.75, 3.05) is 13.1 Å². The maximum atomic E-state index is 12.8. The lowest BCUT2D eigenvalue weighted by Crippen LogP contribution is -2.45. The zero-order valence-corrected chi connectivity index (χ0v) is 13.2. The van der Waals surface area contributed by atoms with E-state index in [4.69, 9.17) is 4.42 Å². The summed E-state index contributed by atoms with van der Waals surface area (Å²) < 4.78 is 31.6. The van der Waals surface area contributed by atoms with Crippen LogP contribution in [-0.4, -0.2) is 41.9 Å². The van der Waals surface area contributed by atoms with Crippen LogP contribution in [0.4, 0.5) is 0 Å². The van der Waals surface area contributed by atoms with E-state index >= 15 is 0 Å². The van der Waals surface area contributed by atoms with Crippen LogP contribution in [0.1, 0.15) is 13.3 Å². The van der Waals surface area contributed by atoms with E-state index in [9.17, 15) is 23.1 Å². The highest BCUT2D eigenvalue weighted by atomic mass is 32.2. The maximum Gasteiger partial charge on any atom is 0.417 e. The summed E-state index contributed by atoms with van der Waals surface area (Å²) >= 11 is 0. The minimum atomic E-state index is -3.85. The van der Waals surface area contributed by atoms with E-state index in [2.05, 4.69) is 4.98 Å². The molecule has 0 bridgehead atoms. The van der Waals surface area contributed by atoms with Gasteiger partial charge in [-0.1, -0.05) is 6.92 Å². The first-order valence-corrected chi connectivity index (χ1v) is 8.57. The third-order valence-electron chi connectivity index (χ3n) is 4.01. The van der Waals surface area contributed by atoms with Gasteiger partial charge in [0.05, 0.1) is 16.3 Å². The van der Waals surface area contributed by atoms with E-state index < -0.39 is 27.7 Å². The molecule has 1 aliphatic heterocycles. The van der Waals surface area contributed by atoms with E-state index in [0.29, 0.717) is 11.9 Å². The van der Waals surface area contributed by atoms with Crippen LogP contribution < -0.4 is 5.76 Å². The Morgan fingerprint density at radius 3 is 2.83 bits per heavy atom. The van der Waals surface area contributed by atoms with Crippen LogP contribution in [0.2, 0.25) is 0 Å². The summed E-state index contributed by atoms with van der Waals surface area (Å²) in [6, 6.07) is 4.10. The Morgan fingerprint density at radius 2 is 2.13 bits per heavy atom. The Labute approximate surface area is 131 Å². The Bertz CT molecular complexity index is 913. The standard InChI is InChI=1S/C14H16N2O6S/c1-8-4-9(13(17)18)7-16(6-8)23(20,21)10-2-3-11-12(5-10)22-14(19)15-11/h2-3,5,8-9H,4,6-7H2,1H3,(H,15,19)(H,17,18). The van der Waals surface area contributed by atoms with Crippen molar-refractivity contribution < 1.29 is 22.7 Å². The highest BCUT2D eigenvalue weighted by Gasteiger charge is 2.36. The average Bonchev–Trinajstić information content (AvgIpc) is 2.85. The number of aliphatic carboxylic acids is 1. The van der Waals surface area contributed by atoms with Crippen LogP contribution >= 0.6 is 0 Å². The number of sulfonamides is 1. The minimum absolute atomic E-state index is 0.0222. The Kier molecular flexibility index (Phi) is 3.77. The number of carboxylic acid groups (broad SMARTS) is 1. The van der Waals surface area contributed by atoms with E-state index in [1.54, 1.807) is 0 Å². The molecule has 1 saturated heterocycles. The predicted molar refractivity (Wildman–Crippen MR) is 80.5 cm³/mol. The molecule has 0 aliphatic carbocycles. The van der Waals surface area contributed by atoms with Gasteiger partial charge in [-0.25, -0.2) is 13.2 Å². The fourth-order valence-corrected chi connectivity index (χ4v) is 4.53. The molecule has 124 valence electrons. The molecule has 3 rings (SSSR count). The Morgan fingerprint density at radius 1 is 1.39 bits per heavy atom. The lowest BCUT2D eigenvalue weighted by molar-refractivity contribution is -0.143. The largest absolute Gasteiger partial charge is 0.481 e. The molecule has 23 heavy (non-hydrogen) atoms. The number of hydrogen-bond acceptors (Lipinski definition) is 5. The first-order valence-electron chi connectivity index (χ1n) is 7.13. The summed E-state index contributed by atoms with van der Waals surface area (Å²) in [7, 11) is -3.85. The van der Waals surface area contributed by atoms with Gasteiger partial charge < -0.3 is 9.52 Å². The lowest BCUT2D eigenvalue weighted by Gasteiger charge is -2.33. The molecule has 2 unspecified atom stereocenters. The molecule has 0 spiro atoms. The number of rotatable bonds is 3. The van der Waals surface area contributed by atoms with Crippen molar-refractivity contribution in [1.29, 1.82) is 0 Å². The topological polar surface area (TPSA) is 121 Å². The number of piperidine rings is 1. The quantitative estimate of drug-likeness (QED) is 0.854. The van der Waals surface area contributed by atoms with Gasteiger partial charge in [0.2, 0.25) is 10.0 Å². The number of carbonyl (C=O) groups is 1. The number of oxazole rings is 1. The van der Waals surface area contributed by atoms with Gasteiger partial charge in [-0.15, -0.1) is 0 Å². The molecule has 1 aromatic carbocycles. The predicted octanol–water partition coefficient (Wildman–Crippen LogP) is 0.852. The monoisotopic (exact) mass is 340 g/mol. The second-order valence-corrected chi connectivity index (χ2v) is 7.81. The summed E-state index contributed by atoms with van der Waals surface area (Å²) in [5, 5.41) is 9.18. The van der Waals surface area contributed by atoms with Crippen LogP contribution in [-0.2, 0) is 14.8 Å². The molecule has 2 heterocycles. The second kappa shape index (κ2) is 5.50. The number of aromatic nitrogens is 1. The van der Waals surface area contributed by atoms with Crippen LogP contribution in [0.3, 0.4) is 0 Å². The van der Waals surface area contributed by atoms with E-state index in [1.807, 2.05) is 6.92 Å². The molecule has 1 aliphatic rings. The van der Waals surface area contributed by atoms with E-state index in [-0.39, 0.29) is 29.5 Å². The van der Waals surface area contributed by atoms with Crippen LogP contribution in [0.5, 0.6) is 0 Å². The summed E-state index contributed by atoms with van der Waals surface area (Å²) in [5.41, 5.74) is 0.556. The van der Waals surface area contributed by atoms with Crippen LogP contribution in [0, 0.1) is 11.8 Å². The summed E-state index contributed by atoms with van der Waals surface area (Å²) in [6.45, 7) is 2.03. The minimum Gasteiger partial charge on any atom is -0.481 e. The molecule has 8 nitrogen and oxygen atoms in total. The summed E-state index contributed by atoms with van der Waals surface area (Å²) in [6.07, 6.45) is 0.451. The molecular formula is C14H16N2O6S. The third-order valence-corrected chi connectivity index (χ3v) is 5.83. The lowest BCUT2D eigenvalue weighted by atomic mass is 9.92. The fourth-order valence-electron chi connectivity index (χ4n) is 2.91. The highest BCUT2D eigenvalue weighted by Crippen LogP contribution is 2.28. The van der Waals surface area contributed by atoms with Gasteiger partial charge in [0.25, 0.3) is 0 Å². The van der Waals surface area contributed by atoms with Crippen molar-refractivity contribution >= 4 is 27.1 Å². The molecule has 0 saturated carbocycles. The number of fused-ring (bicyclic) bond motifs is 1. The molecule has 1 aromatic heterocycles. The first-order chi connectivity index (χ1) is 10.8. The molecule has 2 N–H and O–H groups in total. The van der Waals surface area contributed by atoms with Crippen molar-refractivity contribution in [3.05, 3.63) is 28.7 Å². The van der Waals surface area contributed by atoms with Gasteiger partial charge >= 0.3 is 11.7 Å². The molecule has 2 aromatic rings. The molecule has 1 fully saturated rings. The van der Waals surface area contributed by atoms with Crippen molar-refractivity contribution in [2.45, 2.75) is 18.2 Å².